The van der Waals surface area contributed by atoms with Gasteiger partial charge in [0.1, 0.15) is 8.98 Å². The van der Waals surface area contributed by atoms with Crippen molar-refractivity contribution in [1.82, 2.24) is 0 Å². The molecule has 0 radical (unpaired) electrons. The molecule has 3 aliphatic heterocycles. The summed E-state index contributed by atoms with van der Waals surface area (Å²) in [6, 6.07) is 8.45. The van der Waals surface area contributed by atoms with E-state index in [0.717, 1.165) is 29.0 Å². The zero-order chi connectivity index (χ0) is 23.8. The van der Waals surface area contributed by atoms with Crippen LogP contribution in [0.15, 0.2) is 50.5 Å². The first kappa shape index (κ1) is 24.4. The molecule has 3 heterocycles. The highest BCUT2D eigenvalue weighted by molar-refractivity contribution is 8.25. The van der Waals surface area contributed by atoms with Gasteiger partial charge in [-0.05, 0) is 51.7 Å². The van der Waals surface area contributed by atoms with Gasteiger partial charge in [-0.25, -0.2) is 9.59 Å². The Morgan fingerprint density at radius 3 is 2.33 bits per heavy atom. The maximum Gasteiger partial charge on any atom is 0.345 e. The third kappa shape index (κ3) is 4.15. The van der Waals surface area contributed by atoms with E-state index in [0.29, 0.717) is 23.0 Å². The van der Waals surface area contributed by atoms with Crippen LogP contribution in [0, 0.1) is 0 Å². The van der Waals surface area contributed by atoms with Crippen molar-refractivity contribution in [1.29, 1.82) is 0 Å². The number of thioether (sulfide) groups is 3. The van der Waals surface area contributed by atoms with Gasteiger partial charge in [-0.2, -0.15) is 0 Å². The molecule has 1 atom stereocenters. The number of hydrogen-bond acceptors (Lipinski definition) is 8. The maximum atomic E-state index is 12.9. The molecule has 0 unspecified atom stereocenters. The van der Waals surface area contributed by atoms with Gasteiger partial charge in [-0.1, -0.05) is 48.6 Å². The molecule has 1 spiro atoms. The Labute approximate surface area is 208 Å². The van der Waals surface area contributed by atoms with Crippen LogP contribution in [0.2, 0.25) is 0 Å². The van der Waals surface area contributed by atoms with E-state index in [4.69, 9.17) is 9.47 Å². The van der Waals surface area contributed by atoms with Crippen LogP contribution in [0.5, 0.6) is 0 Å². The summed E-state index contributed by atoms with van der Waals surface area (Å²) in [5.41, 5.74) is 3.14. The first-order valence-electron chi connectivity index (χ1n) is 11.2. The number of benzene rings is 1. The summed E-state index contributed by atoms with van der Waals surface area (Å²) in [4.78, 5) is 30.2. The van der Waals surface area contributed by atoms with E-state index in [-0.39, 0.29) is 17.5 Å². The molecule has 176 valence electrons. The molecule has 0 aliphatic carbocycles. The lowest BCUT2D eigenvalue weighted by Gasteiger charge is -2.51. The Morgan fingerprint density at radius 2 is 1.67 bits per heavy atom. The van der Waals surface area contributed by atoms with Crippen molar-refractivity contribution in [2.24, 2.45) is 0 Å². The van der Waals surface area contributed by atoms with Gasteiger partial charge in [0.2, 0.25) is 0 Å². The summed E-state index contributed by atoms with van der Waals surface area (Å²) in [5, 5.41) is 1.87. The summed E-state index contributed by atoms with van der Waals surface area (Å²) in [7, 11) is 0. The summed E-state index contributed by atoms with van der Waals surface area (Å²) in [5.74, 6) is -0.648. The zero-order valence-electron chi connectivity index (χ0n) is 19.6. The number of anilines is 1. The van der Waals surface area contributed by atoms with Crippen LogP contribution < -0.4 is 4.90 Å². The van der Waals surface area contributed by atoms with Gasteiger partial charge in [-0.3, -0.25) is 0 Å². The third-order valence-corrected chi connectivity index (χ3v) is 10.1. The second kappa shape index (κ2) is 9.47. The normalized spacial score (nSPS) is 23.0. The van der Waals surface area contributed by atoms with Crippen LogP contribution in [0.25, 0.3) is 5.57 Å². The fourth-order valence-corrected chi connectivity index (χ4v) is 8.83. The quantitative estimate of drug-likeness (QED) is 0.427. The van der Waals surface area contributed by atoms with Crippen LogP contribution in [0.4, 0.5) is 5.69 Å². The predicted octanol–water partition coefficient (Wildman–Crippen LogP) is 6.18. The maximum absolute atomic E-state index is 12.9. The standard InChI is InChI=1S/C25H29NO4S3/c1-6-13-26-17-12-10-9-11-16(17)20-21(24(26,4)5)32-18(22(27)29-7-2)14-25(20)31-15-19(33-25)23(28)30-8-3/h9-12,14-15H,6-8,13H2,1-5H3/t25-/m1/s1. The highest BCUT2D eigenvalue weighted by atomic mass is 32.2. The Hall–Kier alpha value is -1.77. The molecular formula is C25H29NO4S3. The van der Waals surface area contributed by atoms with Crippen LogP contribution in [-0.4, -0.2) is 41.3 Å². The second-order valence-corrected chi connectivity index (χ2v) is 12.1. The number of fused-ring (bicyclic) bond motifs is 3. The van der Waals surface area contributed by atoms with Crippen LogP contribution in [-0.2, 0) is 19.1 Å². The van der Waals surface area contributed by atoms with Crippen molar-refractivity contribution >= 4 is 58.5 Å². The molecular weight excluding hydrogens is 474 g/mol. The Kier molecular flexibility index (Phi) is 6.99. The molecule has 0 aromatic heterocycles. The van der Waals surface area contributed by atoms with Crippen LogP contribution >= 0.6 is 35.3 Å². The van der Waals surface area contributed by atoms with E-state index in [1.54, 1.807) is 18.7 Å². The van der Waals surface area contributed by atoms with E-state index in [1.807, 2.05) is 18.4 Å². The van der Waals surface area contributed by atoms with Crippen molar-refractivity contribution in [2.75, 3.05) is 24.7 Å². The number of nitrogens with zero attached hydrogens (tertiary/aromatic N) is 1. The largest absolute Gasteiger partial charge is 0.462 e. The van der Waals surface area contributed by atoms with Crippen molar-refractivity contribution in [3.8, 4) is 0 Å². The summed E-state index contributed by atoms with van der Waals surface area (Å²) < 4.78 is 10.0. The lowest BCUT2D eigenvalue weighted by molar-refractivity contribution is -0.138. The van der Waals surface area contributed by atoms with Gasteiger partial charge >= 0.3 is 11.9 Å². The molecule has 0 saturated heterocycles. The van der Waals surface area contributed by atoms with Crippen LogP contribution in [0.3, 0.4) is 0 Å². The second-order valence-electron chi connectivity index (χ2n) is 8.35. The number of esters is 2. The molecule has 33 heavy (non-hydrogen) atoms. The van der Waals surface area contributed by atoms with Gasteiger partial charge in [0.15, 0.2) is 0 Å². The van der Waals surface area contributed by atoms with Crippen molar-refractivity contribution in [3.63, 3.8) is 0 Å². The lowest BCUT2D eigenvalue weighted by atomic mass is 9.85. The van der Waals surface area contributed by atoms with Gasteiger partial charge in [0, 0.05) is 28.3 Å². The molecule has 5 nitrogen and oxygen atoms in total. The number of carbonyl (C=O) groups excluding carboxylic acids is 2. The van der Waals surface area contributed by atoms with Crippen LogP contribution in [0.1, 0.15) is 46.6 Å². The van der Waals surface area contributed by atoms with E-state index in [9.17, 15) is 9.59 Å². The van der Waals surface area contributed by atoms with E-state index >= 15 is 0 Å². The molecule has 4 rings (SSSR count). The number of para-hydroxylation sites is 1. The van der Waals surface area contributed by atoms with Gasteiger partial charge in [-0.15, -0.1) is 11.8 Å². The number of ether oxygens (including phenoxy) is 2. The molecule has 0 amide bonds. The SMILES string of the molecule is CCCN1c2ccccc2C2=C(SC(C(=O)OCC)=C[C@]23SC=C(C(=O)OCC)S3)C1(C)C. The van der Waals surface area contributed by atoms with E-state index < -0.39 is 4.08 Å². The number of hydrogen-bond donors (Lipinski definition) is 0. The van der Waals surface area contributed by atoms with Gasteiger partial charge in [0.25, 0.3) is 0 Å². The summed E-state index contributed by atoms with van der Waals surface area (Å²) in [6.07, 6.45) is 2.99. The minimum absolute atomic E-state index is 0.316. The lowest BCUT2D eigenvalue weighted by Crippen LogP contribution is -2.50. The van der Waals surface area contributed by atoms with E-state index in [1.165, 1.54) is 29.2 Å². The van der Waals surface area contributed by atoms with Crippen molar-refractivity contribution in [3.05, 3.63) is 56.0 Å². The molecule has 0 N–H and O–H groups in total. The van der Waals surface area contributed by atoms with Crippen molar-refractivity contribution in [2.45, 2.75) is 50.7 Å². The minimum Gasteiger partial charge on any atom is -0.462 e. The summed E-state index contributed by atoms with van der Waals surface area (Å²) in [6.45, 7) is 11.8. The Balaban J connectivity index is 1.90. The molecule has 0 saturated carbocycles. The highest BCUT2D eigenvalue weighted by Gasteiger charge is 2.52. The topological polar surface area (TPSA) is 55.8 Å². The molecule has 8 heteroatoms. The van der Waals surface area contributed by atoms with Gasteiger partial charge in [0.05, 0.1) is 23.7 Å². The first-order valence-corrected chi connectivity index (χ1v) is 13.7. The Morgan fingerprint density at radius 1 is 1.00 bits per heavy atom. The van der Waals surface area contributed by atoms with Gasteiger partial charge < -0.3 is 14.4 Å². The first-order chi connectivity index (χ1) is 15.8. The molecule has 1 aromatic rings. The molecule has 0 bridgehead atoms. The average molecular weight is 504 g/mol. The number of carbonyl (C=O) groups is 2. The fourth-order valence-electron chi connectivity index (χ4n) is 4.42. The molecule has 1 aromatic carbocycles. The van der Waals surface area contributed by atoms with E-state index in [2.05, 4.69) is 49.9 Å². The summed E-state index contributed by atoms with van der Waals surface area (Å²) >= 11 is 4.52. The fraction of sp³-hybridized carbons (Fsp3) is 0.440. The molecule has 0 fully saturated rings. The third-order valence-electron chi connectivity index (χ3n) is 5.81. The number of rotatable bonds is 6. The predicted molar refractivity (Wildman–Crippen MR) is 140 cm³/mol. The monoisotopic (exact) mass is 503 g/mol. The average Bonchev–Trinajstić information content (AvgIpc) is 3.21. The Bertz CT molecular complexity index is 1080. The minimum atomic E-state index is -0.642. The van der Waals surface area contributed by atoms with Crippen molar-refractivity contribution < 1.29 is 19.1 Å². The smallest absolute Gasteiger partial charge is 0.345 e. The zero-order valence-corrected chi connectivity index (χ0v) is 22.0. The molecule has 3 aliphatic rings. The highest BCUT2D eigenvalue weighted by Crippen LogP contribution is 2.66.